The molecule has 0 N–H and O–H groups in total. The molecule has 2 atom stereocenters. The monoisotopic (exact) mass is 450 g/mol. The van der Waals surface area contributed by atoms with Crippen LogP contribution in [0.5, 0.6) is 11.5 Å². The molecule has 1 saturated heterocycles. The van der Waals surface area contributed by atoms with Crippen molar-refractivity contribution >= 4 is 17.7 Å². The highest BCUT2D eigenvalue weighted by molar-refractivity contribution is 8.00. The Balaban J connectivity index is 1.39. The molecule has 0 spiro atoms. The number of para-hydroxylation sites is 2. The molecule has 1 fully saturated rings. The molecule has 0 bridgehead atoms. The van der Waals surface area contributed by atoms with Crippen molar-refractivity contribution < 1.29 is 14.3 Å². The first-order chi connectivity index (χ1) is 15.7. The maximum Gasteiger partial charge on any atom is 0.240 e. The Kier molecular flexibility index (Phi) is 6.03. The van der Waals surface area contributed by atoms with Crippen molar-refractivity contribution in [1.29, 1.82) is 0 Å². The minimum Gasteiger partial charge on any atom is -0.485 e. The first kappa shape index (κ1) is 20.9. The molecule has 7 nitrogen and oxygen atoms in total. The van der Waals surface area contributed by atoms with Gasteiger partial charge in [0.25, 0.3) is 0 Å². The smallest absolute Gasteiger partial charge is 0.240 e. The van der Waals surface area contributed by atoms with Gasteiger partial charge in [-0.1, -0.05) is 54.2 Å². The quantitative estimate of drug-likeness (QED) is 0.544. The van der Waals surface area contributed by atoms with E-state index in [1.807, 2.05) is 71.1 Å². The molecule has 1 aromatic heterocycles. The van der Waals surface area contributed by atoms with E-state index in [4.69, 9.17) is 9.47 Å². The van der Waals surface area contributed by atoms with Gasteiger partial charge in [-0.05, 0) is 37.0 Å². The fourth-order valence-electron chi connectivity index (χ4n) is 4.13. The van der Waals surface area contributed by atoms with Gasteiger partial charge in [0.15, 0.2) is 28.6 Å². The summed E-state index contributed by atoms with van der Waals surface area (Å²) in [6.07, 6.45) is 2.95. The molecule has 2 aliphatic rings. The zero-order valence-electron chi connectivity index (χ0n) is 18.0. The number of carbonyl (C=O) groups is 1. The number of hydrogen-bond donors (Lipinski definition) is 0. The van der Waals surface area contributed by atoms with Gasteiger partial charge in [0.1, 0.15) is 11.9 Å². The normalized spacial score (nSPS) is 18.9. The molecule has 166 valence electrons. The van der Waals surface area contributed by atoms with Crippen molar-refractivity contribution in [3.05, 3.63) is 66.0 Å². The van der Waals surface area contributed by atoms with Crippen molar-refractivity contribution in [3.63, 3.8) is 0 Å². The summed E-state index contributed by atoms with van der Waals surface area (Å²) in [5.41, 5.74) is 0.976. The van der Waals surface area contributed by atoms with E-state index in [2.05, 4.69) is 10.2 Å². The van der Waals surface area contributed by atoms with Gasteiger partial charge in [0.2, 0.25) is 5.91 Å². The number of thioether (sulfide) groups is 1. The van der Waals surface area contributed by atoms with Crippen LogP contribution in [0, 0.1) is 0 Å². The number of hydrogen-bond acceptors (Lipinski definition) is 6. The highest BCUT2D eigenvalue weighted by atomic mass is 32.2. The molecule has 2 aromatic carbocycles. The first-order valence-electron chi connectivity index (χ1n) is 11.0. The Bertz CT molecular complexity index is 1080. The van der Waals surface area contributed by atoms with Crippen LogP contribution >= 0.6 is 11.8 Å². The van der Waals surface area contributed by atoms with Gasteiger partial charge in [-0.15, -0.1) is 10.2 Å². The summed E-state index contributed by atoms with van der Waals surface area (Å²) in [5, 5.41) is 9.12. The first-order valence-corrected chi connectivity index (χ1v) is 11.9. The minimum atomic E-state index is -0.366. The van der Waals surface area contributed by atoms with Crippen LogP contribution in [-0.4, -0.2) is 45.3 Å². The van der Waals surface area contributed by atoms with Gasteiger partial charge in [0.05, 0.1) is 0 Å². The van der Waals surface area contributed by atoms with E-state index in [0.717, 1.165) is 37.2 Å². The van der Waals surface area contributed by atoms with Crippen molar-refractivity contribution in [3.8, 4) is 11.5 Å². The number of fused-ring (bicyclic) bond motifs is 1. The maximum atomic E-state index is 13.5. The van der Waals surface area contributed by atoms with Crippen molar-refractivity contribution in [1.82, 2.24) is 19.7 Å². The van der Waals surface area contributed by atoms with Crippen LogP contribution < -0.4 is 9.47 Å². The SMILES string of the molecule is Cn1c(SC(C(=O)N2CCCCC2)c2ccccc2)nnc1C1COc2ccccc2O1. The van der Waals surface area contributed by atoms with Gasteiger partial charge in [0, 0.05) is 20.1 Å². The van der Waals surface area contributed by atoms with E-state index >= 15 is 0 Å². The molecular weight excluding hydrogens is 424 g/mol. The van der Waals surface area contributed by atoms with E-state index in [1.165, 1.54) is 18.2 Å². The topological polar surface area (TPSA) is 69.5 Å². The molecule has 2 aliphatic heterocycles. The lowest BCUT2D eigenvalue weighted by Gasteiger charge is -2.30. The van der Waals surface area contributed by atoms with Crippen LogP contribution in [0.2, 0.25) is 0 Å². The standard InChI is InChI=1S/C24H26N4O3S/c1-27-22(20-16-30-18-12-6-7-13-19(18)31-20)25-26-24(27)32-21(17-10-4-2-5-11-17)23(29)28-14-8-3-9-15-28/h2,4-7,10-13,20-21H,3,8-9,14-16H2,1H3. The lowest BCUT2D eigenvalue weighted by atomic mass is 10.1. The third-order valence-electron chi connectivity index (χ3n) is 5.88. The summed E-state index contributed by atoms with van der Waals surface area (Å²) >= 11 is 1.44. The summed E-state index contributed by atoms with van der Waals surface area (Å²) in [7, 11) is 1.91. The Labute approximate surface area is 191 Å². The average Bonchev–Trinajstić information content (AvgIpc) is 3.22. The number of likely N-dealkylation sites (tertiary alicyclic amines) is 1. The zero-order valence-corrected chi connectivity index (χ0v) is 18.8. The predicted octanol–water partition coefficient (Wildman–Crippen LogP) is 4.17. The van der Waals surface area contributed by atoms with Crippen LogP contribution in [0.1, 0.15) is 42.0 Å². The highest BCUT2D eigenvalue weighted by Gasteiger charge is 2.32. The number of rotatable bonds is 5. The van der Waals surface area contributed by atoms with Crippen LogP contribution in [0.4, 0.5) is 0 Å². The number of piperidine rings is 1. The lowest BCUT2D eigenvalue weighted by Crippen LogP contribution is -2.38. The molecule has 3 heterocycles. The molecule has 0 saturated carbocycles. The van der Waals surface area contributed by atoms with E-state index in [9.17, 15) is 4.79 Å². The van der Waals surface area contributed by atoms with Crippen molar-refractivity contribution in [2.24, 2.45) is 7.05 Å². The molecule has 0 aliphatic carbocycles. The van der Waals surface area contributed by atoms with Gasteiger partial charge in [-0.2, -0.15) is 0 Å². The number of carbonyl (C=O) groups excluding carboxylic acids is 1. The summed E-state index contributed by atoms with van der Waals surface area (Å²) < 4.78 is 13.9. The second-order valence-electron chi connectivity index (χ2n) is 8.06. The molecule has 0 radical (unpaired) electrons. The zero-order chi connectivity index (χ0) is 21.9. The molecule has 3 aromatic rings. The number of benzene rings is 2. The molecule has 32 heavy (non-hydrogen) atoms. The van der Waals surface area contributed by atoms with Crippen LogP contribution in [0.15, 0.2) is 59.8 Å². The third kappa shape index (κ3) is 4.19. The Morgan fingerprint density at radius 3 is 2.50 bits per heavy atom. The summed E-state index contributed by atoms with van der Waals surface area (Å²) in [4.78, 5) is 15.4. The second-order valence-corrected chi connectivity index (χ2v) is 9.13. The number of ether oxygens (including phenoxy) is 2. The number of nitrogens with zero attached hydrogens (tertiary/aromatic N) is 4. The van der Waals surface area contributed by atoms with Crippen LogP contribution in [0.25, 0.3) is 0 Å². The highest BCUT2D eigenvalue weighted by Crippen LogP contribution is 2.39. The number of amides is 1. The molecular formula is C24H26N4O3S. The Morgan fingerprint density at radius 2 is 1.72 bits per heavy atom. The Morgan fingerprint density at radius 1 is 1.00 bits per heavy atom. The van der Waals surface area contributed by atoms with Crippen LogP contribution in [-0.2, 0) is 11.8 Å². The molecule has 2 unspecified atom stereocenters. The molecule has 5 rings (SSSR count). The third-order valence-corrected chi connectivity index (χ3v) is 7.16. The van der Waals surface area contributed by atoms with Gasteiger partial charge in [-0.3, -0.25) is 4.79 Å². The largest absolute Gasteiger partial charge is 0.485 e. The van der Waals surface area contributed by atoms with Gasteiger partial charge >= 0.3 is 0 Å². The molecule has 8 heteroatoms. The lowest BCUT2D eigenvalue weighted by molar-refractivity contribution is -0.131. The van der Waals surface area contributed by atoms with Gasteiger partial charge in [-0.25, -0.2) is 0 Å². The summed E-state index contributed by atoms with van der Waals surface area (Å²) in [6, 6.07) is 17.5. The second kappa shape index (κ2) is 9.24. The molecule has 1 amide bonds. The Hall–Kier alpha value is -3.00. The summed E-state index contributed by atoms with van der Waals surface area (Å²) in [5.74, 6) is 2.25. The predicted molar refractivity (Wildman–Crippen MR) is 122 cm³/mol. The van der Waals surface area contributed by atoms with E-state index in [-0.39, 0.29) is 17.3 Å². The fraction of sp³-hybridized carbons (Fsp3) is 0.375. The number of aromatic nitrogens is 3. The van der Waals surface area contributed by atoms with Crippen molar-refractivity contribution in [2.45, 2.75) is 35.8 Å². The minimum absolute atomic E-state index is 0.136. The van der Waals surface area contributed by atoms with Crippen molar-refractivity contribution in [2.75, 3.05) is 19.7 Å². The maximum absolute atomic E-state index is 13.5. The fourth-order valence-corrected chi connectivity index (χ4v) is 5.22. The summed E-state index contributed by atoms with van der Waals surface area (Å²) in [6.45, 7) is 2.00. The van der Waals surface area contributed by atoms with E-state index in [1.54, 1.807) is 0 Å². The van der Waals surface area contributed by atoms with Crippen LogP contribution in [0.3, 0.4) is 0 Å². The van der Waals surface area contributed by atoms with E-state index in [0.29, 0.717) is 23.3 Å². The van der Waals surface area contributed by atoms with Gasteiger partial charge < -0.3 is 18.9 Å². The average molecular weight is 451 g/mol. The van der Waals surface area contributed by atoms with E-state index < -0.39 is 0 Å².